The van der Waals surface area contributed by atoms with E-state index in [2.05, 4.69) is 18.7 Å². The Morgan fingerprint density at radius 2 is 1.51 bits per heavy atom. The molecule has 4 rings (SSSR count). The fraction of sp³-hybridized carbons (Fsp3) is 0.429. The Hall–Kier alpha value is -3.72. The summed E-state index contributed by atoms with van der Waals surface area (Å²) < 4.78 is 15.6. The van der Waals surface area contributed by atoms with Gasteiger partial charge in [0.2, 0.25) is 5.91 Å². The van der Waals surface area contributed by atoms with E-state index in [0.29, 0.717) is 22.7 Å². The summed E-state index contributed by atoms with van der Waals surface area (Å²) >= 11 is 0. The summed E-state index contributed by atoms with van der Waals surface area (Å²) in [7, 11) is 2.96. The molecule has 2 heterocycles. The van der Waals surface area contributed by atoms with Crippen molar-refractivity contribution in [3.63, 3.8) is 0 Å². The minimum atomic E-state index is -0.687. The third kappa shape index (κ3) is 5.36. The van der Waals surface area contributed by atoms with Gasteiger partial charge in [0.25, 0.3) is 5.91 Å². The maximum Gasteiger partial charge on any atom is 0.338 e. The molecule has 0 bridgehead atoms. The maximum absolute atomic E-state index is 13.2. The van der Waals surface area contributed by atoms with Crippen LogP contribution in [0.25, 0.3) is 0 Å². The highest BCUT2D eigenvalue weighted by atomic mass is 16.5. The number of amides is 2. The molecular weight excluding hydrogens is 476 g/mol. The van der Waals surface area contributed by atoms with E-state index >= 15 is 0 Å². The van der Waals surface area contributed by atoms with Crippen LogP contribution in [0, 0.1) is 0 Å². The van der Waals surface area contributed by atoms with Crippen molar-refractivity contribution < 1.29 is 33.4 Å². The lowest BCUT2D eigenvalue weighted by Crippen LogP contribution is -2.52. The van der Waals surface area contributed by atoms with Gasteiger partial charge in [-0.2, -0.15) is 0 Å². The number of rotatable bonds is 8. The molecule has 2 aliphatic heterocycles. The van der Waals surface area contributed by atoms with E-state index in [1.165, 1.54) is 37.3 Å². The molecular formula is C28H32N2O7. The number of ketones is 1. The van der Waals surface area contributed by atoms with Crippen LogP contribution in [0.5, 0.6) is 11.5 Å². The number of imide groups is 1. The summed E-state index contributed by atoms with van der Waals surface area (Å²) in [5, 5.41) is 0. The Balaban J connectivity index is 1.39. The molecule has 2 aliphatic rings. The molecule has 2 fully saturated rings. The van der Waals surface area contributed by atoms with E-state index < -0.39 is 24.4 Å². The smallest absolute Gasteiger partial charge is 0.338 e. The number of carbonyl (C=O) groups excluding carboxylic acids is 4. The number of esters is 1. The summed E-state index contributed by atoms with van der Waals surface area (Å²) in [6.45, 7) is 3.76. The molecule has 37 heavy (non-hydrogen) atoms. The molecule has 1 unspecified atom stereocenters. The number of methoxy groups -OCH3 is 2. The molecule has 3 atom stereocenters. The van der Waals surface area contributed by atoms with Gasteiger partial charge in [-0.15, -0.1) is 0 Å². The molecule has 9 heteroatoms. The highest BCUT2D eigenvalue weighted by Gasteiger charge is 2.46. The highest BCUT2D eigenvalue weighted by molar-refractivity contribution is 6.22. The van der Waals surface area contributed by atoms with Crippen molar-refractivity contribution in [2.24, 2.45) is 0 Å². The fourth-order valence-corrected chi connectivity index (χ4v) is 5.23. The SMILES string of the molecule is COc1ccc(C(=O)COC(=O)c2ccc(N3C(=O)CC(N4[C@H](C)CCC[C@@H]4C)C3=O)cc2)cc1OC. The number of piperidine rings is 1. The second-order valence-electron chi connectivity index (χ2n) is 9.48. The molecule has 0 spiro atoms. The zero-order valence-electron chi connectivity index (χ0n) is 21.6. The van der Waals surface area contributed by atoms with Crippen LogP contribution in [0.2, 0.25) is 0 Å². The van der Waals surface area contributed by atoms with E-state index in [0.717, 1.165) is 19.3 Å². The van der Waals surface area contributed by atoms with E-state index in [9.17, 15) is 19.2 Å². The largest absolute Gasteiger partial charge is 0.493 e. The molecule has 0 aromatic heterocycles. The van der Waals surface area contributed by atoms with Gasteiger partial charge in [0.1, 0.15) is 0 Å². The first kappa shape index (κ1) is 26.3. The van der Waals surface area contributed by atoms with Crippen LogP contribution < -0.4 is 14.4 Å². The van der Waals surface area contributed by atoms with Gasteiger partial charge >= 0.3 is 5.97 Å². The van der Waals surface area contributed by atoms with Gasteiger partial charge in [-0.05, 0) is 69.2 Å². The van der Waals surface area contributed by atoms with Crippen LogP contribution in [-0.2, 0) is 14.3 Å². The predicted octanol–water partition coefficient (Wildman–Crippen LogP) is 3.64. The number of hydrogen-bond donors (Lipinski definition) is 0. The lowest BCUT2D eigenvalue weighted by atomic mass is 9.94. The Bertz CT molecular complexity index is 1180. The lowest BCUT2D eigenvalue weighted by molar-refractivity contribution is -0.124. The maximum atomic E-state index is 13.2. The summed E-state index contributed by atoms with van der Waals surface area (Å²) in [4.78, 5) is 54.4. The van der Waals surface area contributed by atoms with Crippen molar-refractivity contribution >= 4 is 29.3 Å². The molecule has 0 aliphatic carbocycles. The number of nitrogens with zero attached hydrogens (tertiary/aromatic N) is 2. The van der Waals surface area contributed by atoms with Crippen molar-refractivity contribution in [3.05, 3.63) is 53.6 Å². The van der Waals surface area contributed by atoms with Gasteiger partial charge in [-0.25, -0.2) is 9.69 Å². The number of benzene rings is 2. The molecule has 0 saturated carbocycles. The Kier molecular flexibility index (Phi) is 7.92. The van der Waals surface area contributed by atoms with Crippen LogP contribution >= 0.6 is 0 Å². The van der Waals surface area contributed by atoms with Crippen molar-refractivity contribution in [2.75, 3.05) is 25.7 Å². The normalized spacial score (nSPS) is 22.2. The zero-order valence-corrected chi connectivity index (χ0v) is 21.6. The Morgan fingerprint density at radius 3 is 2.14 bits per heavy atom. The predicted molar refractivity (Wildman–Crippen MR) is 136 cm³/mol. The van der Waals surface area contributed by atoms with Crippen LogP contribution in [0.1, 0.15) is 60.2 Å². The van der Waals surface area contributed by atoms with Gasteiger partial charge in [0.15, 0.2) is 23.9 Å². The number of anilines is 1. The van der Waals surface area contributed by atoms with Crippen LogP contribution in [-0.4, -0.2) is 67.4 Å². The van der Waals surface area contributed by atoms with Gasteiger partial charge in [0, 0.05) is 17.6 Å². The van der Waals surface area contributed by atoms with Crippen molar-refractivity contribution in [2.45, 2.75) is 57.7 Å². The first-order valence-corrected chi connectivity index (χ1v) is 12.4. The monoisotopic (exact) mass is 508 g/mol. The second kappa shape index (κ2) is 11.1. The summed E-state index contributed by atoms with van der Waals surface area (Å²) in [5.74, 6) is -0.693. The molecule has 2 amide bonds. The molecule has 0 N–H and O–H groups in total. The zero-order chi connectivity index (χ0) is 26.7. The third-order valence-electron chi connectivity index (χ3n) is 7.15. The van der Waals surface area contributed by atoms with Crippen LogP contribution in [0.4, 0.5) is 5.69 Å². The molecule has 0 radical (unpaired) electrons. The first-order valence-electron chi connectivity index (χ1n) is 12.4. The molecule has 2 saturated heterocycles. The van der Waals surface area contributed by atoms with Gasteiger partial charge in [-0.3, -0.25) is 19.3 Å². The number of likely N-dealkylation sites (tertiary alicyclic amines) is 1. The minimum absolute atomic E-state index is 0.148. The average molecular weight is 509 g/mol. The highest BCUT2D eigenvalue weighted by Crippen LogP contribution is 2.32. The Morgan fingerprint density at radius 1 is 0.892 bits per heavy atom. The number of carbonyl (C=O) groups is 4. The van der Waals surface area contributed by atoms with E-state index in [1.807, 2.05) is 0 Å². The van der Waals surface area contributed by atoms with E-state index in [4.69, 9.17) is 14.2 Å². The fourth-order valence-electron chi connectivity index (χ4n) is 5.23. The lowest BCUT2D eigenvalue weighted by Gasteiger charge is -2.41. The van der Waals surface area contributed by atoms with Crippen molar-refractivity contribution in [3.8, 4) is 11.5 Å². The summed E-state index contributed by atoms with van der Waals surface area (Å²) in [6.07, 6.45) is 3.28. The Labute approximate surface area is 216 Å². The second-order valence-corrected chi connectivity index (χ2v) is 9.48. The molecule has 9 nitrogen and oxygen atoms in total. The minimum Gasteiger partial charge on any atom is -0.493 e. The molecule has 196 valence electrons. The average Bonchev–Trinajstić information content (AvgIpc) is 3.19. The van der Waals surface area contributed by atoms with Crippen molar-refractivity contribution in [1.29, 1.82) is 0 Å². The number of ether oxygens (including phenoxy) is 3. The number of hydrogen-bond acceptors (Lipinski definition) is 8. The summed E-state index contributed by atoms with van der Waals surface area (Å²) in [6, 6.07) is 10.8. The van der Waals surface area contributed by atoms with E-state index in [1.54, 1.807) is 24.3 Å². The first-order chi connectivity index (χ1) is 17.7. The van der Waals surface area contributed by atoms with Gasteiger partial charge in [-0.1, -0.05) is 6.42 Å². The third-order valence-corrected chi connectivity index (χ3v) is 7.15. The van der Waals surface area contributed by atoms with Crippen molar-refractivity contribution in [1.82, 2.24) is 4.90 Å². The van der Waals surface area contributed by atoms with Crippen LogP contribution in [0.15, 0.2) is 42.5 Å². The topological polar surface area (TPSA) is 102 Å². The standard InChI is InChI=1S/C28H32N2O7/c1-17-6-5-7-18(2)29(17)22-15-26(32)30(27(22)33)21-11-8-19(9-12-21)28(34)37-16-23(31)20-10-13-24(35-3)25(14-20)36-4/h8-14,17-18,22H,5-7,15-16H2,1-4H3/t17-,18+,22?. The van der Waals surface area contributed by atoms with E-state index in [-0.39, 0.29) is 35.9 Å². The quantitative estimate of drug-likeness (QED) is 0.303. The molecule has 2 aromatic rings. The molecule has 2 aromatic carbocycles. The number of Topliss-reactive ketones (excluding diaryl/α,β-unsaturated/α-hetero) is 1. The van der Waals surface area contributed by atoms with Gasteiger partial charge in [0.05, 0.1) is 37.9 Å². The van der Waals surface area contributed by atoms with Gasteiger partial charge < -0.3 is 14.2 Å². The summed E-state index contributed by atoms with van der Waals surface area (Å²) in [5.41, 5.74) is 0.935. The van der Waals surface area contributed by atoms with Crippen LogP contribution in [0.3, 0.4) is 0 Å².